The number of carbonyl (C=O) groups excluding carboxylic acids is 1. The average Bonchev–Trinajstić information content (AvgIpc) is 3.21. The molecule has 0 aliphatic carbocycles. The van der Waals surface area contributed by atoms with Gasteiger partial charge in [-0.1, -0.05) is 26.3 Å². The molecule has 0 radical (unpaired) electrons. The third-order valence-electron chi connectivity index (χ3n) is 5.98. The zero-order chi connectivity index (χ0) is 21.8. The third-order valence-corrected chi connectivity index (χ3v) is 5.98. The Kier molecular flexibility index (Phi) is 5.90. The SMILES string of the molecule is CCc1cccnc1N1CCCC[C@](C)(Cn2cnc3ccc(C#N)cc32)COC1=O. The van der Waals surface area contributed by atoms with E-state index in [1.54, 1.807) is 23.5 Å². The number of hydrogen-bond donors (Lipinski definition) is 0. The van der Waals surface area contributed by atoms with Gasteiger partial charge in [0.1, 0.15) is 12.4 Å². The van der Waals surface area contributed by atoms with Crippen molar-refractivity contribution < 1.29 is 9.53 Å². The maximum absolute atomic E-state index is 13.0. The number of aromatic nitrogens is 3. The number of carbonyl (C=O) groups is 1. The van der Waals surface area contributed by atoms with Gasteiger partial charge in [0.2, 0.25) is 0 Å². The molecule has 4 rings (SSSR count). The summed E-state index contributed by atoms with van der Waals surface area (Å²) < 4.78 is 7.87. The molecule has 7 heteroatoms. The summed E-state index contributed by atoms with van der Waals surface area (Å²) >= 11 is 0. The second-order valence-corrected chi connectivity index (χ2v) is 8.50. The lowest BCUT2D eigenvalue weighted by Crippen LogP contribution is -2.36. The van der Waals surface area contributed by atoms with E-state index in [-0.39, 0.29) is 11.5 Å². The van der Waals surface area contributed by atoms with Crippen molar-refractivity contribution >= 4 is 22.9 Å². The van der Waals surface area contributed by atoms with Crippen molar-refractivity contribution in [3.8, 4) is 6.07 Å². The van der Waals surface area contributed by atoms with E-state index >= 15 is 0 Å². The molecule has 0 saturated carbocycles. The zero-order valence-electron chi connectivity index (χ0n) is 18.0. The molecule has 0 unspecified atom stereocenters. The Morgan fingerprint density at radius 1 is 1.26 bits per heavy atom. The van der Waals surface area contributed by atoms with Crippen LogP contribution in [0.1, 0.15) is 44.2 Å². The molecule has 3 heterocycles. The first-order valence-corrected chi connectivity index (χ1v) is 10.8. The Hall–Kier alpha value is -3.40. The number of benzene rings is 1. The van der Waals surface area contributed by atoms with E-state index in [9.17, 15) is 10.1 Å². The molecule has 0 N–H and O–H groups in total. The van der Waals surface area contributed by atoms with Crippen LogP contribution in [-0.4, -0.2) is 33.8 Å². The number of nitrogens with zero attached hydrogens (tertiary/aromatic N) is 5. The van der Waals surface area contributed by atoms with Gasteiger partial charge in [-0.05, 0) is 49.1 Å². The molecule has 160 valence electrons. The summed E-state index contributed by atoms with van der Waals surface area (Å²) in [5.74, 6) is 0.697. The number of anilines is 1. The molecule has 1 aliphatic heterocycles. The lowest BCUT2D eigenvalue weighted by Gasteiger charge is -2.29. The summed E-state index contributed by atoms with van der Waals surface area (Å²) in [6.45, 7) is 5.78. The molecule has 7 nitrogen and oxygen atoms in total. The maximum atomic E-state index is 13.0. The third kappa shape index (κ3) is 4.38. The van der Waals surface area contributed by atoms with E-state index in [1.165, 1.54) is 0 Å². The van der Waals surface area contributed by atoms with Gasteiger partial charge < -0.3 is 9.30 Å². The van der Waals surface area contributed by atoms with Crippen LogP contribution in [0, 0.1) is 16.7 Å². The number of imidazole rings is 1. The lowest BCUT2D eigenvalue weighted by atomic mass is 9.85. The van der Waals surface area contributed by atoms with Crippen molar-refractivity contribution in [3.05, 3.63) is 54.0 Å². The Bertz CT molecular complexity index is 1130. The van der Waals surface area contributed by atoms with Crippen LogP contribution in [-0.2, 0) is 17.7 Å². The van der Waals surface area contributed by atoms with Crippen molar-refractivity contribution in [2.75, 3.05) is 18.1 Å². The van der Waals surface area contributed by atoms with Crippen LogP contribution < -0.4 is 4.90 Å². The van der Waals surface area contributed by atoms with Crippen molar-refractivity contribution in [1.82, 2.24) is 14.5 Å². The van der Waals surface area contributed by atoms with Crippen LogP contribution in [0.5, 0.6) is 0 Å². The molecule has 0 spiro atoms. The van der Waals surface area contributed by atoms with Crippen LogP contribution >= 0.6 is 0 Å². The van der Waals surface area contributed by atoms with Crippen molar-refractivity contribution in [1.29, 1.82) is 5.26 Å². The smallest absolute Gasteiger partial charge is 0.415 e. The summed E-state index contributed by atoms with van der Waals surface area (Å²) in [6.07, 6.45) is 6.78. The van der Waals surface area contributed by atoms with Gasteiger partial charge in [0.15, 0.2) is 0 Å². The van der Waals surface area contributed by atoms with E-state index in [0.29, 0.717) is 31.1 Å². The summed E-state index contributed by atoms with van der Waals surface area (Å²) in [5.41, 5.74) is 3.20. The highest BCUT2D eigenvalue weighted by Crippen LogP contribution is 2.31. The van der Waals surface area contributed by atoms with Crippen LogP contribution in [0.3, 0.4) is 0 Å². The number of aryl methyl sites for hydroxylation is 1. The van der Waals surface area contributed by atoms with Gasteiger partial charge in [0.25, 0.3) is 0 Å². The second kappa shape index (κ2) is 8.76. The van der Waals surface area contributed by atoms with Crippen LogP contribution in [0.4, 0.5) is 10.6 Å². The van der Waals surface area contributed by atoms with E-state index in [0.717, 1.165) is 42.3 Å². The minimum absolute atomic E-state index is 0.236. The molecular formula is C24H27N5O2. The number of fused-ring (bicyclic) bond motifs is 1. The average molecular weight is 418 g/mol. The van der Waals surface area contributed by atoms with E-state index in [4.69, 9.17) is 4.74 Å². The van der Waals surface area contributed by atoms with Gasteiger partial charge in [-0.25, -0.2) is 14.8 Å². The molecule has 1 aromatic carbocycles. The van der Waals surface area contributed by atoms with E-state index in [2.05, 4.69) is 34.5 Å². The topological polar surface area (TPSA) is 84.0 Å². The first-order chi connectivity index (χ1) is 15.0. The zero-order valence-corrected chi connectivity index (χ0v) is 18.0. The summed E-state index contributed by atoms with van der Waals surface area (Å²) in [5, 5.41) is 9.24. The molecule has 1 saturated heterocycles. The predicted molar refractivity (Wildman–Crippen MR) is 119 cm³/mol. The first kappa shape index (κ1) is 20.9. The van der Waals surface area contributed by atoms with Gasteiger partial charge in [-0.3, -0.25) is 4.90 Å². The molecule has 1 atom stereocenters. The van der Waals surface area contributed by atoms with Crippen LogP contribution in [0.2, 0.25) is 0 Å². The number of nitriles is 1. The number of cyclic esters (lactones) is 1. The number of hydrogen-bond acceptors (Lipinski definition) is 5. The molecule has 1 amide bonds. The molecule has 3 aromatic rings. The van der Waals surface area contributed by atoms with E-state index < -0.39 is 0 Å². The fourth-order valence-electron chi connectivity index (χ4n) is 4.23. The fraction of sp³-hybridized carbons (Fsp3) is 0.417. The molecule has 1 aliphatic rings. The van der Waals surface area contributed by atoms with Gasteiger partial charge >= 0.3 is 6.09 Å². The Morgan fingerprint density at radius 2 is 2.13 bits per heavy atom. The molecule has 1 fully saturated rings. The van der Waals surface area contributed by atoms with Crippen molar-refractivity contribution in [3.63, 3.8) is 0 Å². The standard InChI is InChI=1S/C24H27N5O2/c1-3-19-7-6-11-26-22(19)29-12-5-4-10-24(2,16-31-23(29)30)15-28-17-27-20-9-8-18(14-25)13-21(20)28/h6-9,11,13,17H,3-5,10,12,15-16H2,1-2H3/t24-/m1/s1. The van der Waals surface area contributed by atoms with Crippen LogP contribution in [0.25, 0.3) is 11.0 Å². The monoisotopic (exact) mass is 417 g/mol. The molecule has 0 bridgehead atoms. The van der Waals surface area contributed by atoms with Gasteiger partial charge in [-0.2, -0.15) is 5.26 Å². The lowest BCUT2D eigenvalue weighted by molar-refractivity contribution is 0.0822. The Balaban J connectivity index is 1.55. The van der Waals surface area contributed by atoms with Gasteiger partial charge in [-0.15, -0.1) is 0 Å². The highest BCUT2D eigenvalue weighted by Gasteiger charge is 2.31. The minimum Gasteiger partial charge on any atom is -0.448 e. The van der Waals surface area contributed by atoms with Gasteiger partial charge in [0, 0.05) is 24.7 Å². The highest BCUT2D eigenvalue weighted by molar-refractivity contribution is 5.87. The fourth-order valence-corrected chi connectivity index (χ4v) is 4.23. The van der Waals surface area contributed by atoms with E-state index in [1.807, 2.05) is 24.3 Å². The number of pyridine rings is 1. The minimum atomic E-state index is -0.344. The summed E-state index contributed by atoms with van der Waals surface area (Å²) in [6, 6.07) is 11.6. The van der Waals surface area contributed by atoms with Crippen LogP contribution in [0.15, 0.2) is 42.9 Å². The molecule has 31 heavy (non-hydrogen) atoms. The number of amides is 1. The highest BCUT2D eigenvalue weighted by atomic mass is 16.6. The largest absolute Gasteiger partial charge is 0.448 e. The maximum Gasteiger partial charge on any atom is 0.415 e. The molecule has 2 aromatic heterocycles. The van der Waals surface area contributed by atoms with Crippen molar-refractivity contribution in [2.24, 2.45) is 5.41 Å². The summed E-state index contributed by atoms with van der Waals surface area (Å²) in [7, 11) is 0. The van der Waals surface area contributed by atoms with Crippen molar-refractivity contribution in [2.45, 2.75) is 46.1 Å². The first-order valence-electron chi connectivity index (χ1n) is 10.8. The van der Waals surface area contributed by atoms with Gasteiger partial charge in [0.05, 0.1) is 29.0 Å². The number of rotatable bonds is 4. The number of ether oxygens (including phenoxy) is 1. The quantitative estimate of drug-likeness (QED) is 0.614. The Labute approximate surface area is 182 Å². The normalized spacial score (nSPS) is 19.9. The predicted octanol–water partition coefficient (Wildman–Crippen LogP) is 4.70. The molecular weight excluding hydrogens is 390 g/mol. The summed E-state index contributed by atoms with van der Waals surface area (Å²) in [4.78, 5) is 23.6. The Morgan fingerprint density at radius 3 is 2.94 bits per heavy atom. The second-order valence-electron chi connectivity index (χ2n) is 8.50.